The van der Waals surface area contributed by atoms with Gasteiger partial charge in [-0.3, -0.25) is 0 Å². The first-order valence-electron chi connectivity index (χ1n) is 6.02. The molecule has 0 spiro atoms. The predicted octanol–water partition coefficient (Wildman–Crippen LogP) is 4.66. The molecule has 1 aliphatic rings. The molecule has 0 radical (unpaired) electrons. The molecule has 0 heterocycles. The molecule has 3 heteroatoms. The SMILES string of the molecule is C=C(CNC1CCC(C)CC1)S/C(Br)=C\C. The Labute approximate surface area is 112 Å². The van der Waals surface area contributed by atoms with Crippen LogP contribution in [0.4, 0.5) is 0 Å². The van der Waals surface area contributed by atoms with Crippen molar-refractivity contribution in [2.24, 2.45) is 5.92 Å². The summed E-state index contributed by atoms with van der Waals surface area (Å²) >= 11 is 5.20. The van der Waals surface area contributed by atoms with Crippen LogP contribution in [0.15, 0.2) is 21.4 Å². The molecule has 0 aliphatic heterocycles. The molecule has 1 saturated carbocycles. The lowest BCUT2D eigenvalue weighted by molar-refractivity contribution is 0.314. The average Bonchev–Trinajstić information content (AvgIpc) is 2.28. The topological polar surface area (TPSA) is 12.0 Å². The first-order chi connectivity index (χ1) is 7.61. The van der Waals surface area contributed by atoms with Crippen molar-refractivity contribution in [2.75, 3.05) is 6.54 Å². The second kappa shape index (κ2) is 7.57. The van der Waals surface area contributed by atoms with E-state index in [1.54, 1.807) is 11.8 Å². The molecule has 1 aliphatic carbocycles. The van der Waals surface area contributed by atoms with E-state index >= 15 is 0 Å². The maximum atomic E-state index is 4.07. The zero-order valence-electron chi connectivity index (χ0n) is 10.3. The summed E-state index contributed by atoms with van der Waals surface area (Å²) in [6.07, 6.45) is 7.44. The van der Waals surface area contributed by atoms with E-state index in [2.05, 4.69) is 40.8 Å². The minimum Gasteiger partial charge on any atom is -0.309 e. The number of hydrogen-bond acceptors (Lipinski definition) is 2. The zero-order valence-corrected chi connectivity index (χ0v) is 12.7. The molecule has 0 aromatic heterocycles. The van der Waals surface area contributed by atoms with Crippen LogP contribution in [0.25, 0.3) is 0 Å². The van der Waals surface area contributed by atoms with Crippen molar-refractivity contribution < 1.29 is 0 Å². The first-order valence-corrected chi connectivity index (χ1v) is 7.63. The monoisotopic (exact) mass is 303 g/mol. The minimum atomic E-state index is 0.706. The summed E-state index contributed by atoms with van der Waals surface area (Å²) in [6, 6.07) is 0.706. The smallest absolute Gasteiger partial charge is 0.0505 e. The summed E-state index contributed by atoms with van der Waals surface area (Å²) < 4.78 is 1.15. The summed E-state index contributed by atoms with van der Waals surface area (Å²) in [6.45, 7) is 9.38. The molecule has 0 aromatic carbocycles. The fourth-order valence-electron chi connectivity index (χ4n) is 1.96. The van der Waals surface area contributed by atoms with Crippen LogP contribution >= 0.6 is 27.7 Å². The largest absolute Gasteiger partial charge is 0.309 e. The molecule has 0 bridgehead atoms. The van der Waals surface area contributed by atoms with Gasteiger partial charge in [0.05, 0.1) is 3.81 Å². The van der Waals surface area contributed by atoms with Gasteiger partial charge < -0.3 is 5.32 Å². The molecule has 1 N–H and O–H groups in total. The van der Waals surface area contributed by atoms with Crippen LogP contribution in [0.2, 0.25) is 0 Å². The van der Waals surface area contributed by atoms with Crippen molar-refractivity contribution in [3.63, 3.8) is 0 Å². The minimum absolute atomic E-state index is 0.706. The van der Waals surface area contributed by atoms with E-state index in [1.165, 1.54) is 30.6 Å². The van der Waals surface area contributed by atoms with Gasteiger partial charge in [-0.25, -0.2) is 0 Å². The molecule has 1 fully saturated rings. The highest BCUT2D eigenvalue weighted by Crippen LogP contribution is 2.29. The Balaban J connectivity index is 2.17. The number of hydrogen-bond donors (Lipinski definition) is 1. The molecule has 92 valence electrons. The van der Waals surface area contributed by atoms with E-state index in [0.29, 0.717) is 6.04 Å². The Morgan fingerprint density at radius 3 is 2.62 bits per heavy atom. The maximum Gasteiger partial charge on any atom is 0.0505 e. The number of halogens is 1. The number of nitrogens with one attached hydrogen (secondary N) is 1. The molecular weight excluding hydrogens is 282 g/mol. The Bertz CT molecular complexity index is 255. The van der Waals surface area contributed by atoms with Gasteiger partial charge in [0.2, 0.25) is 0 Å². The second-order valence-electron chi connectivity index (χ2n) is 4.57. The molecule has 0 unspecified atom stereocenters. The van der Waals surface area contributed by atoms with Gasteiger partial charge in [-0.2, -0.15) is 0 Å². The third-order valence-electron chi connectivity index (χ3n) is 3.07. The highest BCUT2D eigenvalue weighted by Gasteiger charge is 2.17. The normalized spacial score (nSPS) is 26.8. The van der Waals surface area contributed by atoms with E-state index in [-0.39, 0.29) is 0 Å². The van der Waals surface area contributed by atoms with Crippen molar-refractivity contribution >= 4 is 27.7 Å². The van der Waals surface area contributed by atoms with Crippen LogP contribution in [-0.2, 0) is 0 Å². The summed E-state index contributed by atoms with van der Waals surface area (Å²) in [7, 11) is 0. The van der Waals surface area contributed by atoms with E-state index in [4.69, 9.17) is 0 Å². The van der Waals surface area contributed by atoms with Crippen molar-refractivity contribution in [3.05, 3.63) is 21.4 Å². The van der Waals surface area contributed by atoms with Crippen LogP contribution in [0.3, 0.4) is 0 Å². The quantitative estimate of drug-likeness (QED) is 0.793. The van der Waals surface area contributed by atoms with Crippen LogP contribution in [-0.4, -0.2) is 12.6 Å². The molecule has 0 saturated heterocycles. The van der Waals surface area contributed by atoms with Crippen LogP contribution < -0.4 is 5.32 Å². The molecule has 1 rings (SSSR count). The lowest BCUT2D eigenvalue weighted by Crippen LogP contribution is -2.33. The molecule has 0 amide bonds. The lowest BCUT2D eigenvalue weighted by Gasteiger charge is -2.27. The molecule has 0 atom stereocenters. The van der Waals surface area contributed by atoms with Gasteiger partial charge in [0.15, 0.2) is 0 Å². The number of thioether (sulfide) groups is 1. The standard InChI is InChI=1S/C13H22BrNS/c1-4-13(14)16-11(3)9-15-12-7-5-10(2)6-8-12/h4,10,12,15H,3,5-9H2,1-2H3/b13-4-. The van der Waals surface area contributed by atoms with Gasteiger partial charge in [-0.05, 0) is 59.4 Å². The highest BCUT2D eigenvalue weighted by atomic mass is 79.9. The van der Waals surface area contributed by atoms with Gasteiger partial charge in [0, 0.05) is 12.6 Å². The number of allylic oxidation sites excluding steroid dienone is 1. The summed E-state index contributed by atoms with van der Waals surface area (Å²) in [5, 5.41) is 3.60. The molecule has 16 heavy (non-hydrogen) atoms. The lowest BCUT2D eigenvalue weighted by atomic mass is 9.87. The van der Waals surface area contributed by atoms with Crippen molar-refractivity contribution in [3.8, 4) is 0 Å². The Morgan fingerprint density at radius 2 is 2.06 bits per heavy atom. The fraction of sp³-hybridized carbons (Fsp3) is 0.692. The summed E-state index contributed by atoms with van der Waals surface area (Å²) in [5.74, 6) is 0.924. The maximum absolute atomic E-state index is 4.07. The van der Waals surface area contributed by atoms with Gasteiger partial charge >= 0.3 is 0 Å². The Kier molecular flexibility index (Phi) is 6.78. The molecule has 0 aromatic rings. The first kappa shape index (κ1) is 14.3. The van der Waals surface area contributed by atoms with Crippen molar-refractivity contribution in [2.45, 2.75) is 45.6 Å². The fourth-order valence-corrected chi connectivity index (χ4v) is 3.19. The van der Waals surface area contributed by atoms with Gasteiger partial charge in [0.25, 0.3) is 0 Å². The van der Waals surface area contributed by atoms with E-state index < -0.39 is 0 Å². The molecule has 1 nitrogen and oxygen atoms in total. The second-order valence-corrected chi connectivity index (χ2v) is 7.17. The average molecular weight is 304 g/mol. The van der Waals surface area contributed by atoms with E-state index in [9.17, 15) is 0 Å². The van der Waals surface area contributed by atoms with Gasteiger partial charge in [-0.1, -0.05) is 31.3 Å². The third kappa shape index (κ3) is 5.55. The zero-order chi connectivity index (χ0) is 12.0. The highest BCUT2D eigenvalue weighted by molar-refractivity contribution is 9.14. The van der Waals surface area contributed by atoms with E-state index in [1.807, 2.05) is 6.92 Å². The Morgan fingerprint density at radius 1 is 1.44 bits per heavy atom. The Hall–Kier alpha value is 0.270. The van der Waals surface area contributed by atoms with Gasteiger partial charge in [-0.15, -0.1) is 0 Å². The van der Waals surface area contributed by atoms with E-state index in [0.717, 1.165) is 16.3 Å². The van der Waals surface area contributed by atoms with Crippen molar-refractivity contribution in [1.82, 2.24) is 5.32 Å². The third-order valence-corrected chi connectivity index (χ3v) is 4.88. The van der Waals surface area contributed by atoms with Crippen LogP contribution in [0.5, 0.6) is 0 Å². The van der Waals surface area contributed by atoms with Crippen LogP contribution in [0.1, 0.15) is 39.5 Å². The summed E-state index contributed by atoms with van der Waals surface area (Å²) in [5.41, 5.74) is 0. The van der Waals surface area contributed by atoms with Gasteiger partial charge in [0.1, 0.15) is 0 Å². The molecular formula is C13H22BrNS. The predicted molar refractivity (Wildman–Crippen MR) is 78.8 cm³/mol. The van der Waals surface area contributed by atoms with Crippen LogP contribution in [0, 0.1) is 5.92 Å². The van der Waals surface area contributed by atoms with Crippen molar-refractivity contribution in [1.29, 1.82) is 0 Å². The number of rotatable bonds is 5. The summed E-state index contributed by atoms with van der Waals surface area (Å²) in [4.78, 5) is 1.18.